The smallest absolute Gasteiger partial charge is 0.303 e. The molecule has 2 N–H and O–H groups in total. The van der Waals surface area contributed by atoms with Crippen molar-refractivity contribution in [2.75, 3.05) is 31.6 Å². The summed E-state index contributed by atoms with van der Waals surface area (Å²) in [5.41, 5.74) is 1.08. The van der Waals surface area contributed by atoms with E-state index in [1.165, 1.54) is 0 Å². The van der Waals surface area contributed by atoms with Crippen molar-refractivity contribution in [3.8, 4) is 5.75 Å². The van der Waals surface area contributed by atoms with E-state index in [1.807, 2.05) is 24.3 Å². The summed E-state index contributed by atoms with van der Waals surface area (Å²) in [5.74, 6) is 0.123. The van der Waals surface area contributed by atoms with Gasteiger partial charge in [0, 0.05) is 32.1 Å². The molecule has 0 radical (unpaired) electrons. The Morgan fingerprint density at radius 3 is 3.05 bits per heavy atom. The van der Waals surface area contributed by atoms with Crippen LogP contribution >= 0.6 is 0 Å². The topological polar surface area (TPSA) is 61.8 Å². The SMILES string of the molecule is COc1ccccc1N1CCNC(CCC(=O)O)C1. The Morgan fingerprint density at radius 1 is 1.53 bits per heavy atom. The maximum atomic E-state index is 10.6. The molecule has 1 heterocycles. The molecule has 1 aliphatic heterocycles. The second kappa shape index (κ2) is 6.43. The van der Waals surface area contributed by atoms with Crippen molar-refractivity contribution in [3.05, 3.63) is 24.3 Å². The van der Waals surface area contributed by atoms with E-state index in [0.29, 0.717) is 6.42 Å². The van der Waals surface area contributed by atoms with Gasteiger partial charge in [-0.2, -0.15) is 0 Å². The summed E-state index contributed by atoms with van der Waals surface area (Å²) < 4.78 is 5.38. The number of hydrogen-bond acceptors (Lipinski definition) is 4. The summed E-state index contributed by atoms with van der Waals surface area (Å²) in [6.45, 7) is 2.58. The van der Waals surface area contributed by atoms with Gasteiger partial charge in [0.05, 0.1) is 12.8 Å². The molecular formula is C14H20N2O3. The van der Waals surface area contributed by atoms with Gasteiger partial charge in [-0.25, -0.2) is 0 Å². The first kappa shape index (κ1) is 13.7. The van der Waals surface area contributed by atoms with E-state index >= 15 is 0 Å². The molecule has 0 amide bonds. The molecule has 5 heteroatoms. The largest absolute Gasteiger partial charge is 0.495 e. The highest BCUT2D eigenvalue weighted by atomic mass is 16.5. The highest BCUT2D eigenvalue weighted by Gasteiger charge is 2.21. The lowest BCUT2D eigenvalue weighted by molar-refractivity contribution is -0.137. The molecule has 1 atom stereocenters. The standard InChI is InChI=1S/C14H20N2O3/c1-19-13-5-3-2-4-12(13)16-9-8-15-11(10-16)6-7-14(17)18/h2-5,11,15H,6-10H2,1H3,(H,17,18). The van der Waals surface area contributed by atoms with Crippen molar-refractivity contribution >= 4 is 11.7 Å². The van der Waals surface area contributed by atoms with Gasteiger partial charge in [-0.05, 0) is 18.6 Å². The molecule has 1 saturated heterocycles. The molecule has 0 aromatic heterocycles. The zero-order valence-corrected chi connectivity index (χ0v) is 11.1. The molecular weight excluding hydrogens is 244 g/mol. The zero-order chi connectivity index (χ0) is 13.7. The van der Waals surface area contributed by atoms with Crippen LogP contribution in [0.2, 0.25) is 0 Å². The van der Waals surface area contributed by atoms with Crippen molar-refractivity contribution in [1.82, 2.24) is 5.32 Å². The van der Waals surface area contributed by atoms with E-state index in [2.05, 4.69) is 10.2 Å². The normalized spacial score (nSPS) is 19.2. The molecule has 2 rings (SSSR count). The van der Waals surface area contributed by atoms with Crippen molar-refractivity contribution in [2.45, 2.75) is 18.9 Å². The van der Waals surface area contributed by atoms with Gasteiger partial charge in [0.2, 0.25) is 0 Å². The first-order chi connectivity index (χ1) is 9.20. The molecule has 1 unspecified atom stereocenters. The quantitative estimate of drug-likeness (QED) is 0.840. The molecule has 0 bridgehead atoms. The summed E-state index contributed by atoms with van der Waals surface area (Å²) in [6.07, 6.45) is 0.860. The average molecular weight is 264 g/mol. The summed E-state index contributed by atoms with van der Waals surface area (Å²) in [7, 11) is 1.67. The van der Waals surface area contributed by atoms with E-state index in [-0.39, 0.29) is 12.5 Å². The Balaban J connectivity index is 2.02. The van der Waals surface area contributed by atoms with Gasteiger partial charge >= 0.3 is 5.97 Å². The number of nitrogens with one attached hydrogen (secondary N) is 1. The predicted molar refractivity (Wildman–Crippen MR) is 73.9 cm³/mol. The number of carbonyl (C=O) groups is 1. The molecule has 0 spiro atoms. The van der Waals surface area contributed by atoms with Crippen LogP contribution in [-0.2, 0) is 4.79 Å². The Morgan fingerprint density at radius 2 is 2.32 bits per heavy atom. The lowest BCUT2D eigenvalue weighted by atomic mass is 10.1. The number of methoxy groups -OCH3 is 1. The highest BCUT2D eigenvalue weighted by Crippen LogP contribution is 2.28. The van der Waals surface area contributed by atoms with Crippen LogP contribution in [0.4, 0.5) is 5.69 Å². The van der Waals surface area contributed by atoms with Crippen LogP contribution in [0.1, 0.15) is 12.8 Å². The summed E-state index contributed by atoms with van der Waals surface area (Å²) >= 11 is 0. The van der Waals surface area contributed by atoms with Crippen LogP contribution in [0, 0.1) is 0 Å². The van der Waals surface area contributed by atoms with Crippen LogP contribution in [-0.4, -0.2) is 43.9 Å². The van der Waals surface area contributed by atoms with Crippen molar-refractivity contribution in [1.29, 1.82) is 0 Å². The number of carboxylic acids is 1. The van der Waals surface area contributed by atoms with Crippen LogP contribution < -0.4 is 15.0 Å². The number of rotatable bonds is 5. The minimum absolute atomic E-state index is 0.206. The minimum Gasteiger partial charge on any atom is -0.495 e. The van der Waals surface area contributed by atoms with Crippen LogP contribution in [0.25, 0.3) is 0 Å². The number of piperazine rings is 1. The molecule has 104 valence electrons. The summed E-state index contributed by atoms with van der Waals surface area (Å²) in [6, 6.07) is 8.15. The monoisotopic (exact) mass is 264 g/mol. The third-order valence-electron chi connectivity index (χ3n) is 3.39. The molecule has 1 fully saturated rings. The van der Waals surface area contributed by atoms with Gasteiger partial charge in [0.1, 0.15) is 5.75 Å². The molecule has 1 aromatic carbocycles. The Hall–Kier alpha value is -1.75. The predicted octanol–water partition coefficient (Wildman–Crippen LogP) is 1.34. The maximum absolute atomic E-state index is 10.6. The highest BCUT2D eigenvalue weighted by molar-refractivity contribution is 5.66. The minimum atomic E-state index is -0.740. The Kier molecular flexibility index (Phi) is 4.63. The molecule has 1 aliphatic rings. The number of nitrogens with zero attached hydrogens (tertiary/aromatic N) is 1. The molecule has 0 saturated carbocycles. The Bertz CT molecular complexity index is 436. The van der Waals surface area contributed by atoms with E-state index in [9.17, 15) is 4.79 Å². The number of para-hydroxylation sites is 2. The molecule has 1 aromatic rings. The maximum Gasteiger partial charge on any atom is 0.303 e. The van der Waals surface area contributed by atoms with Gasteiger partial charge < -0.3 is 20.1 Å². The molecule has 19 heavy (non-hydrogen) atoms. The van der Waals surface area contributed by atoms with Gasteiger partial charge in [0.15, 0.2) is 0 Å². The molecule has 5 nitrogen and oxygen atoms in total. The van der Waals surface area contributed by atoms with Gasteiger partial charge in [-0.3, -0.25) is 4.79 Å². The summed E-state index contributed by atoms with van der Waals surface area (Å²) in [4.78, 5) is 12.9. The van der Waals surface area contributed by atoms with E-state index in [1.54, 1.807) is 7.11 Å². The average Bonchev–Trinajstić information content (AvgIpc) is 2.45. The number of benzene rings is 1. The first-order valence-corrected chi connectivity index (χ1v) is 6.54. The lowest BCUT2D eigenvalue weighted by Gasteiger charge is -2.35. The van der Waals surface area contributed by atoms with E-state index < -0.39 is 5.97 Å². The van der Waals surface area contributed by atoms with Crippen LogP contribution in [0.15, 0.2) is 24.3 Å². The van der Waals surface area contributed by atoms with Gasteiger partial charge in [-0.1, -0.05) is 12.1 Å². The van der Waals surface area contributed by atoms with E-state index in [4.69, 9.17) is 9.84 Å². The fraction of sp³-hybridized carbons (Fsp3) is 0.500. The second-order valence-corrected chi connectivity index (χ2v) is 4.70. The number of aliphatic carboxylic acids is 1. The molecule has 0 aliphatic carbocycles. The summed E-state index contributed by atoms with van der Waals surface area (Å²) in [5, 5.41) is 12.1. The fourth-order valence-electron chi connectivity index (χ4n) is 2.43. The lowest BCUT2D eigenvalue weighted by Crippen LogP contribution is -2.51. The van der Waals surface area contributed by atoms with Gasteiger partial charge in [-0.15, -0.1) is 0 Å². The van der Waals surface area contributed by atoms with Gasteiger partial charge in [0.25, 0.3) is 0 Å². The third kappa shape index (κ3) is 3.61. The van der Waals surface area contributed by atoms with Crippen LogP contribution in [0.5, 0.6) is 5.75 Å². The number of hydrogen-bond donors (Lipinski definition) is 2. The fourth-order valence-corrected chi connectivity index (χ4v) is 2.43. The van der Waals surface area contributed by atoms with Crippen molar-refractivity contribution < 1.29 is 14.6 Å². The van der Waals surface area contributed by atoms with Crippen molar-refractivity contribution in [3.63, 3.8) is 0 Å². The second-order valence-electron chi connectivity index (χ2n) is 4.70. The van der Waals surface area contributed by atoms with Crippen LogP contribution in [0.3, 0.4) is 0 Å². The zero-order valence-electron chi connectivity index (χ0n) is 11.1. The number of carboxylic acid groups (broad SMARTS) is 1. The number of ether oxygens (including phenoxy) is 1. The number of anilines is 1. The van der Waals surface area contributed by atoms with E-state index in [0.717, 1.165) is 31.1 Å². The first-order valence-electron chi connectivity index (χ1n) is 6.54. The Labute approximate surface area is 113 Å². The van der Waals surface area contributed by atoms with Crippen molar-refractivity contribution in [2.24, 2.45) is 0 Å². The third-order valence-corrected chi connectivity index (χ3v) is 3.39.